The van der Waals surface area contributed by atoms with Crippen LogP contribution in [0.5, 0.6) is 0 Å². The molecule has 0 radical (unpaired) electrons. The van der Waals surface area contributed by atoms with Crippen molar-refractivity contribution in [1.82, 2.24) is 0 Å². The Kier molecular flexibility index (Phi) is 4.88. The van der Waals surface area contributed by atoms with Crippen LogP contribution >= 0.6 is 0 Å². The van der Waals surface area contributed by atoms with Crippen LogP contribution in [-0.4, -0.2) is 29.8 Å². The summed E-state index contributed by atoms with van der Waals surface area (Å²) in [5, 5.41) is 13.1. The van der Waals surface area contributed by atoms with E-state index >= 15 is 0 Å². The largest absolute Gasteiger partial charge is 0.379 e. The quantitative estimate of drug-likeness (QED) is 0.478. The van der Waals surface area contributed by atoms with E-state index in [4.69, 9.17) is 14.7 Å². The molecular formula is C10H11N3O6S. The van der Waals surface area contributed by atoms with Gasteiger partial charge >= 0.3 is 0 Å². The van der Waals surface area contributed by atoms with E-state index in [1.807, 2.05) is 0 Å². The van der Waals surface area contributed by atoms with E-state index in [-0.39, 0.29) is 17.2 Å². The predicted molar refractivity (Wildman–Crippen MR) is 69.1 cm³/mol. The highest BCUT2D eigenvalue weighted by molar-refractivity contribution is 7.85. The molecule has 9 nitrogen and oxygen atoms in total. The maximum atomic E-state index is 11.5. The molecule has 0 aliphatic carbocycles. The summed E-state index contributed by atoms with van der Waals surface area (Å²) in [7, 11) is -4.21. The number of rotatable bonds is 2. The van der Waals surface area contributed by atoms with E-state index in [1.165, 1.54) is 34.6 Å². The number of hydrogen-bond acceptors (Lipinski definition) is 6. The molecule has 1 aliphatic rings. The van der Waals surface area contributed by atoms with E-state index in [9.17, 15) is 13.2 Å². The van der Waals surface area contributed by atoms with Crippen LogP contribution < -0.4 is 5.01 Å². The number of carbonyl (C=O) groups is 1. The first kappa shape index (κ1) is 15.7. The molecule has 1 heterocycles. The Morgan fingerprint density at radius 2 is 1.80 bits per heavy atom. The maximum Gasteiger partial charge on any atom is 0.294 e. The molecular weight excluding hydrogens is 290 g/mol. The van der Waals surface area contributed by atoms with Gasteiger partial charge < -0.3 is 5.21 Å². The van der Waals surface area contributed by atoms with Gasteiger partial charge in [0, 0.05) is 5.71 Å². The third kappa shape index (κ3) is 3.83. The average Bonchev–Trinajstić information content (AvgIpc) is 2.68. The lowest BCUT2D eigenvalue weighted by Crippen LogP contribution is -2.19. The molecule has 1 aliphatic heterocycles. The van der Waals surface area contributed by atoms with Crippen LogP contribution in [-0.2, 0) is 14.9 Å². The lowest BCUT2D eigenvalue weighted by atomic mass is 10.3. The van der Waals surface area contributed by atoms with Gasteiger partial charge in [0.05, 0.1) is 17.0 Å². The van der Waals surface area contributed by atoms with Gasteiger partial charge in [-0.05, 0) is 31.2 Å². The highest BCUT2D eigenvalue weighted by Crippen LogP contribution is 2.22. The van der Waals surface area contributed by atoms with Crippen molar-refractivity contribution in [3.05, 3.63) is 29.2 Å². The summed E-state index contributed by atoms with van der Waals surface area (Å²) in [4.78, 5) is 19.4. The smallest absolute Gasteiger partial charge is 0.294 e. The topological polar surface area (TPSA) is 137 Å². The Balaban J connectivity index is 0.000000612. The van der Waals surface area contributed by atoms with Gasteiger partial charge in [0.25, 0.3) is 16.0 Å². The highest BCUT2D eigenvalue weighted by Gasteiger charge is 2.22. The minimum Gasteiger partial charge on any atom is -0.379 e. The molecule has 0 saturated carbocycles. The van der Waals surface area contributed by atoms with Gasteiger partial charge in [-0.3, -0.25) is 9.35 Å². The van der Waals surface area contributed by atoms with Gasteiger partial charge in [0.1, 0.15) is 0 Å². The fraction of sp³-hybridized carbons (Fsp3) is 0.200. The molecule has 108 valence electrons. The van der Waals surface area contributed by atoms with E-state index < -0.39 is 10.1 Å². The number of anilines is 1. The number of amides is 1. The third-order valence-corrected chi connectivity index (χ3v) is 3.16. The summed E-state index contributed by atoms with van der Waals surface area (Å²) in [6.07, 6.45) is 0.264. The molecule has 0 fully saturated rings. The van der Waals surface area contributed by atoms with Crippen molar-refractivity contribution in [3.8, 4) is 0 Å². The van der Waals surface area contributed by atoms with Gasteiger partial charge in [0.2, 0.25) is 0 Å². The lowest BCUT2D eigenvalue weighted by molar-refractivity contribution is -0.116. The van der Waals surface area contributed by atoms with Crippen LogP contribution in [0.1, 0.15) is 13.3 Å². The summed E-state index contributed by atoms with van der Waals surface area (Å²) in [6.45, 7) is 1.74. The molecule has 0 bridgehead atoms. The van der Waals surface area contributed by atoms with Crippen molar-refractivity contribution < 1.29 is 23.0 Å². The molecule has 1 amide bonds. The van der Waals surface area contributed by atoms with Crippen LogP contribution in [0.4, 0.5) is 5.69 Å². The minimum absolute atomic E-state index is 0.165. The second-order valence-electron chi connectivity index (χ2n) is 3.77. The number of hydrazone groups is 1. The van der Waals surface area contributed by atoms with Crippen LogP contribution in [0.25, 0.3) is 0 Å². The van der Waals surface area contributed by atoms with Gasteiger partial charge in [-0.1, -0.05) is 0 Å². The Morgan fingerprint density at radius 1 is 1.30 bits per heavy atom. The molecule has 0 aromatic heterocycles. The molecule has 0 atom stereocenters. The first-order valence-electron chi connectivity index (χ1n) is 5.21. The Morgan fingerprint density at radius 3 is 2.15 bits per heavy atom. The number of benzene rings is 1. The van der Waals surface area contributed by atoms with Crippen molar-refractivity contribution in [3.63, 3.8) is 0 Å². The molecule has 20 heavy (non-hydrogen) atoms. The number of carbonyl (C=O) groups excluding carboxylic acids is 1. The predicted octanol–water partition coefficient (Wildman–Crippen LogP) is 1.19. The van der Waals surface area contributed by atoms with E-state index in [0.717, 1.165) is 0 Å². The molecule has 1 aromatic rings. The summed E-state index contributed by atoms with van der Waals surface area (Å²) in [5.74, 6) is -0.165. The van der Waals surface area contributed by atoms with E-state index in [2.05, 4.69) is 5.10 Å². The zero-order valence-corrected chi connectivity index (χ0v) is 11.1. The molecule has 0 unspecified atom stereocenters. The Labute approximate surface area is 114 Å². The second-order valence-corrected chi connectivity index (χ2v) is 5.19. The molecule has 10 heteroatoms. The SMILES string of the molecule is CC1=NN(c2ccc(S(=O)(=O)O)cc2)C(=O)C1.O=NO. The lowest BCUT2D eigenvalue weighted by Gasteiger charge is -2.11. The van der Waals surface area contributed by atoms with Crippen LogP contribution in [0.3, 0.4) is 0 Å². The molecule has 2 N–H and O–H groups in total. The monoisotopic (exact) mass is 301 g/mol. The Bertz CT molecular complexity index is 637. The van der Waals surface area contributed by atoms with Gasteiger partial charge in [-0.25, -0.2) is 5.01 Å². The third-order valence-electron chi connectivity index (χ3n) is 2.29. The number of hydrogen-bond donors (Lipinski definition) is 2. The summed E-state index contributed by atoms with van der Waals surface area (Å²) in [5.41, 5.74) is 1.17. The van der Waals surface area contributed by atoms with Gasteiger partial charge in [0.15, 0.2) is 5.34 Å². The molecule has 2 rings (SSSR count). The standard InChI is InChI=1S/C10H10N2O4S.HNO2/c1-7-6-10(13)12(11-7)8-2-4-9(5-3-8)17(14,15)16;2-1-3/h2-5H,6H2,1H3,(H,14,15,16);(H,2,3). The van der Waals surface area contributed by atoms with Gasteiger partial charge in [-0.2, -0.15) is 13.5 Å². The highest BCUT2D eigenvalue weighted by atomic mass is 32.2. The molecule has 0 saturated heterocycles. The van der Waals surface area contributed by atoms with Crippen molar-refractivity contribution in [1.29, 1.82) is 0 Å². The van der Waals surface area contributed by atoms with Crippen LogP contribution in [0.2, 0.25) is 0 Å². The van der Waals surface area contributed by atoms with Crippen LogP contribution in [0, 0.1) is 4.91 Å². The van der Waals surface area contributed by atoms with E-state index in [1.54, 1.807) is 6.92 Å². The fourth-order valence-electron chi connectivity index (χ4n) is 1.52. The second kappa shape index (κ2) is 6.21. The first-order chi connectivity index (χ1) is 9.29. The fourth-order valence-corrected chi connectivity index (χ4v) is 2.00. The summed E-state index contributed by atoms with van der Waals surface area (Å²) >= 11 is 0. The van der Waals surface area contributed by atoms with Crippen molar-refractivity contribution in [2.45, 2.75) is 18.2 Å². The average molecular weight is 301 g/mol. The molecule has 0 spiro atoms. The number of nitrogens with zero attached hydrogens (tertiary/aromatic N) is 3. The van der Waals surface area contributed by atoms with Crippen LogP contribution in [0.15, 0.2) is 39.6 Å². The van der Waals surface area contributed by atoms with Crippen molar-refractivity contribution >= 4 is 27.4 Å². The minimum atomic E-state index is -4.21. The van der Waals surface area contributed by atoms with Gasteiger partial charge in [-0.15, -0.1) is 4.91 Å². The van der Waals surface area contributed by atoms with E-state index in [0.29, 0.717) is 11.4 Å². The Hall–Kier alpha value is -2.33. The van der Waals surface area contributed by atoms with Crippen molar-refractivity contribution in [2.75, 3.05) is 5.01 Å². The zero-order chi connectivity index (χ0) is 15.3. The summed E-state index contributed by atoms with van der Waals surface area (Å²) in [6, 6.07) is 5.29. The molecule has 1 aromatic carbocycles. The first-order valence-corrected chi connectivity index (χ1v) is 6.65. The normalized spacial score (nSPS) is 14.4. The maximum absolute atomic E-state index is 11.5. The van der Waals surface area contributed by atoms with Crippen molar-refractivity contribution in [2.24, 2.45) is 10.4 Å². The zero-order valence-electron chi connectivity index (χ0n) is 10.3. The summed E-state index contributed by atoms with van der Waals surface area (Å²) < 4.78 is 30.5.